The van der Waals surface area contributed by atoms with Crippen LogP contribution in [0.4, 0.5) is 31.1 Å². The first-order valence-electron chi connectivity index (χ1n) is 13.8. The Balaban J connectivity index is 0.000000286. The first kappa shape index (κ1) is 41.9. The zero-order valence-corrected chi connectivity index (χ0v) is 29.0. The third kappa shape index (κ3) is 11.0. The number of hydrogen-bond donors (Lipinski definition) is 2. The minimum atomic E-state index is -5.15. The molecule has 0 saturated carbocycles. The summed E-state index contributed by atoms with van der Waals surface area (Å²) in [4.78, 5) is 45.7. The molecular weight excluding hydrogens is 797 g/mol. The second kappa shape index (κ2) is 16.5. The van der Waals surface area contributed by atoms with Crippen LogP contribution >= 0.6 is 23.2 Å². The average Bonchev–Trinajstić information content (AvgIpc) is 3.34. The Morgan fingerprint density at radius 3 is 2.13 bits per heavy atom. The molecule has 0 saturated heterocycles. The van der Waals surface area contributed by atoms with Crippen molar-refractivity contribution in [2.75, 3.05) is 7.11 Å². The van der Waals surface area contributed by atoms with E-state index in [1.807, 2.05) is 0 Å². The lowest BCUT2D eigenvalue weighted by molar-refractivity contribution is -0.275. The summed E-state index contributed by atoms with van der Waals surface area (Å²) in [5, 5.41) is 11.9. The number of carbonyl (C=O) groups is 3. The van der Waals surface area contributed by atoms with Gasteiger partial charge >= 0.3 is 42.2 Å². The highest BCUT2D eigenvalue weighted by Crippen LogP contribution is 2.37. The number of methoxy groups -OCH3 is 1. The van der Waals surface area contributed by atoms with Crippen LogP contribution in [0.25, 0.3) is 0 Å². The molecule has 1 amide bonds. The first-order valence-corrected chi connectivity index (χ1v) is 16.1. The maximum Gasteiger partial charge on any atom is 0.573 e. The van der Waals surface area contributed by atoms with Crippen LogP contribution in [0.3, 0.4) is 0 Å². The van der Waals surface area contributed by atoms with E-state index in [1.54, 1.807) is 0 Å². The van der Waals surface area contributed by atoms with Gasteiger partial charge in [0.05, 0.1) is 28.3 Å². The van der Waals surface area contributed by atoms with Gasteiger partial charge < -0.3 is 24.1 Å². The summed E-state index contributed by atoms with van der Waals surface area (Å²) < 4.78 is 121. The van der Waals surface area contributed by atoms with Crippen molar-refractivity contribution in [1.82, 2.24) is 19.1 Å². The molecule has 1 heterocycles. The van der Waals surface area contributed by atoms with E-state index in [2.05, 4.69) is 9.84 Å². The van der Waals surface area contributed by atoms with Crippen molar-refractivity contribution in [3.05, 3.63) is 92.3 Å². The number of halogens is 8. The van der Waals surface area contributed by atoms with E-state index in [0.717, 1.165) is 61.1 Å². The molecule has 0 bridgehead atoms. The number of nitrogens with one attached hydrogen (secondary N) is 1. The molecule has 3 aromatic carbocycles. The predicted octanol–water partition coefficient (Wildman–Crippen LogP) is 5.87. The Hall–Kier alpha value is -5.48. The zero-order valence-electron chi connectivity index (χ0n) is 26.7. The van der Waals surface area contributed by atoms with Crippen molar-refractivity contribution < 1.29 is 73.2 Å². The molecule has 53 heavy (non-hydrogen) atoms. The zero-order chi connectivity index (χ0) is 40.1. The van der Waals surface area contributed by atoms with Gasteiger partial charge in [0.25, 0.3) is 10.0 Å². The van der Waals surface area contributed by atoms with Gasteiger partial charge in [-0.1, -0.05) is 35.3 Å². The van der Waals surface area contributed by atoms with Gasteiger partial charge in [0.15, 0.2) is 6.10 Å². The van der Waals surface area contributed by atoms with Crippen molar-refractivity contribution >= 4 is 51.2 Å². The van der Waals surface area contributed by atoms with E-state index in [9.17, 15) is 53.9 Å². The van der Waals surface area contributed by atoms with Crippen LogP contribution in [0.15, 0.2) is 70.4 Å². The third-order valence-electron chi connectivity index (χ3n) is 6.18. The number of aliphatic carboxylic acids is 1. The quantitative estimate of drug-likeness (QED) is 0.151. The van der Waals surface area contributed by atoms with Crippen molar-refractivity contribution in [1.29, 1.82) is 0 Å². The number of carboxylic acids is 1. The molecule has 0 radical (unpaired) electrons. The summed E-state index contributed by atoms with van der Waals surface area (Å²) in [5.41, 5.74) is -2.15. The lowest BCUT2D eigenvalue weighted by atomic mass is 10.2. The normalized spacial score (nSPS) is 12.1. The van der Waals surface area contributed by atoms with Gasteiger partial charge in [-0.25, -0.2) is 36.9 Å². The Labute approximate surface area is 303 Å². The Kier molecular flexibility index (Phi) is 13.0. The molecular formula is C29H22Cl2F6N4O11S. The molecule has 0 unspecified atom stereocenters. The van der Waals surface area contributed by atoms with Crippen molar-refractivity contribution in [3.63, 3.8) is 0 Å². The summed E-state index contributed by atoms with van der Waals surface area (Å²) in [6.45, 7) is 1.16. The molecule has 4 aromatic rings. The van der Waals surface area contributed by atoms with E-state index in [0.29, 0.717) is 6.07 Å². The monoisotopic (exact) mass is 818 g/mol. The van der Waals surface area contributed by atoms with E-state index in [1.165, 1.54) is 23.9 Å². The molecule has 15 nitrogen and oxygen atoms in total. The lowest BCUT2D eigenvalue weighted by Crippen LogP contribution is -2.40. The van der Waals surface area contributed by atoms with E-state index in [4.69, 9.17) is 42.5 Å². The number of nitrogens with zero attached hydrogens (tertiary/aromatic N) is 3. The highest BCUT2D eigenvalue weighted by Gasteiger charge is 2.35. The fourth-order valence-corrected chi connectivity index (χ4v) is 5.18. The summed E-state index contributed by atoms with van der Waals surface area (Å²) in [5.74, 6) is -3.44. The highest BCUT2D eigenvalue weighted by molar-refractivity contribution is 7.90. The maximum absolute atomic E-state index is 12.7. The smallest absolute Gasteiger partial charge is 0.479 e. The van der Waals surface area contributed by atoms with Crippen molar-refractivity contribution in [3.8, 4) is 23.3 Å². The molecule has 0 aliphatic rings. The number of amides is 1. The van der Waals surface area contributed by atoms with Gasteiger partial charge in [0.1, 0.15) is 22.1 Å². The molecule has 286 valence electrons. The number of sulfonamides is 1. The molecule has 0 aliphatic heterocycles. The Morgan fingerprint density at radius 2 is 1.58 bits per heavy atom. The molecule has 0 spiro atoms. The fraction of sp³-hybridized carbons (Fsp3) is 0.207. The lowest BCUT2D eigenvalue weighted by Gasteiger charge is -2.13. The molecule has 1 atom stereocenters. The minimum absolute atomic E-state index is 0.0246. The summed E-state index contributed by atoms with van der Waals surface area (Å²) in [6, 6.07) is 8.30. The van der Waals surface area contributed by atoms with Gasteiger partial charge in [-0.15, -0.1) is 23.0 Å². The van der Waals surface area contributed by atoms with Crippen LogP contribution < -0.4 is 24.6 Å². The summed E-state index contributed by atoms with van der Waals surface area (Å²) >= 11 is 11.7. The van der Waals surface area contributed by atoms with E-state index < -0.39 is 68.5 Å². The SMILES string of the molecule is COc1nn(C(=O)NS(=O)(=O)c2ccccc2OC(F)(F)F)c(=O)n1C.C[C@H](OC(=O)c1cc(Oc2ccc(C(F)(F)F)cc2Cl)ccc1Cl)C(=O)O. The van der Waals surface area contributed by atoms with Gasteiger partial charge in [0.2, 0.25) is 0 Å². The summed E-state index contributed by atoms with van der Waals surface area (Å²) in [6.07, 6.45) is -11.1. The van der Waals surface area contributed by atoms with Crippen molar-refractivity contribution in [2.24, 2.45) is 7.05 Å². The van der Waals surface area contributed by atoms with Crippen LogP contribution in [-0.2, 0) is 32.8 Å². The first-order chi connectivity index (χ1) is 24.4. The molecule has 0 aliphatic carbocycles. The van der Waals surface area contributed by atoms with Crippen LogP contribution in [-0.4, -0.2) is 65.4 Å². The van der Waals surface area contributed by atoms with Crippen LogP contribution in [0.5, 0.6) is 23.3 Å². The van der Waals surface area contributed by atoms with Crippen LogP contribution in [0.2, 0.25) is 10.0 Å². The molecule has 4 rings (SSSR count). The fourth-order valence-electron chi connectivity index (χ4n) is 3.71. The number of hydrogen-bond acceptors (Lipinski definition) is 11. The molecule has 0 fully saturated rings. The number of carboxylic acid groups (broad SMARTS) is 1. The average molecular weight is 819 g/mol. The van der Waals surface area contributed by atoms with E-state index >= 15 is 0 Å². The number of alkyl halides is 6. The number of benzene rings is 3. The predicted molar refractivity (Wildman–Crippen MR) is 169 cm³/mol. The largest absolute Gasteiger partial charge is 0.573 e. The molecule has 2 N–H and O–H groups in total. The number of ether oxygens (including phenoxy) is 4. The van der Waals surface area contributed by atoms with Crippen LogP contribution in [0.1, 0.15) is 22.8 Å². The topological polar surface area (TPSA) is 194 Å². The van der Waals surface area contributed by atoms with Crippen molar-refractivity contribution in [2.45, 2.75) is 30.5 Å². The Morgan fingerprint density at radius 1 is 0.943 bits per heavy atom. The molecule has 24 heteroatoms. The number of esters is 1. The van der Waals surface area contributed by atoms with Crippen LogP contribution in [0, 0.1) is 0 Å². The van der Waals surface area contributed by atoms with Gasteiger partial charge in [0, 0.05) is 7.05 Å². The third-order valence-corrected chi connectivity index (χ3v) is 8.16. The number of para-hydroxylation sites is 1. The number of carbonyl (C=O) groups excluding carboxylic acids is 2. The Bertz CT molecular complexity index is 2190. The standard InChI is InChI=1S/C17H11Cl2F3O5.C12H11F3N4O6S/c1-8(15(23)24)26-16(25)11-7-10(3-4-12(11)18)27-14-5-2-9(6-13(14)19)17(20,21)22;1-18-10(24-2)16-19(11(18)21)9(20)17-26(22,23)8-6-4-3-5-7(8)25-12(13,14)15/h2-8H,1H3,(H,23,24);3-6H,1-2H3,(H,17,20)/t8-;/m0./s1. The number of aromatic nitrogens is 3. The molecule has 1 aromatic heterocycles. The van der Waals surface area contributed by atoms with E-state index in [-0.39, 0.29) is 37.8 Å². The second-order valence-electron chi connectivity index (χ2n) is 9.92. The van der Waals surface area contributed by atoms with Gasteiger partial charge in [-0.05, 0) is 55.5 Å². The highest BCUT2D eigenvalue weighted by atomic mass is 35.5. The number of rotatable bonds is 9. The van der Waals surface area contributed by atoms with Gasteiger partial charge in [-0.3, -0.25) is 0 Å². The second-order valence-corrected chi connectivity index (χ2v) is 12.4. The van der Waals surface area contributed by atoms with Gasteiger partial charge in [-0.2, -0.15) is 13.2 Å². The minimum Gasteiger partial charge on any atom is -0.479 e. The summed E-state index contributed by atoms with van der Waals surface area (Å²) in [7, 11) is -2.45. The maximum atomic E-state index is 12.7.